The zero-order valence-electron chi connectivity index (χ0n) is 11.1. The monoisotopic (exact) mass is 357 g/mol. The van der Waals surface area contributed by atoms with Crippen LogP contribution in [0.25, 0.3) is 0 Å². The molecule has 0 aliphatic heterocycles. The van der Waals surface area contributed by atoms with Crippen molar-refractivity contribution in [2.75, 3.05) is 5.73 Å². The molecule has 0 saturated carbocycles. The van der Waals surface area contributed by atoms with E-state index < -0.39 is 0 Å². The topological polar surface area (TPSA) is 51.8 Å². The minimum Gasteiger partial charge on any atom is -0.383 e. The lowest BCUT2D eigenvalue weighted by molar-refractivity contribution is 0.627. The Kier molecular flexibility index (Phi) is 4.60. The molecule has 2 rings (SSSR count). The minimum absolute atomic E-state index is 0.220. The van der Waals surface area contributed by atoms with Crippen LogP contribution in [-0.2, 0) is 6.42 Å². The molecule has 2 N–H and O–H groups in total. The zero-order chi connectivity index (χ0) is 14.9. The zero-order valence-corrected chi connectivity index (χ0v) is 13.5. The van der Waals surface area contributed by atoms with Crippen molar-refractivity contribution in [1.82, 2.24) is 9.97 Å². The van der Waals surface area contributed by atoms with Crippen LogP contribution < -0.4 is 5.73 Å². The summed E-state index contributed by atoms with van der Waals surface area (Å²) in [5.41, 5.74) is 7.50. The van der Waals surface area contributed by atoms with Gasteiger partial charge in [0.1, 0.15) is 17.5 Å². The first kappa shape index (κ1) is 15.2. The number of rotatable bonds is 3. The molecule has 0 bridgehead atoms. The summed E-state index contributed by atoms with van der Waals surface area (Å²) < 4.78 is 13.8. The summed E-state index contributed by atoms with van der Waals surface area (Å²) in [4.78, 5) is 8.74. The molecule has 0 radical (unpaired) electrons. The number of anilines is 1. The van der Waals surface area contributed by atoms with E-state index in [1.165, 1.54) is 12.1 Å². The maximum Gasteiger partial charge on any atom is 0.141 e. The number of halogens is 3. The number of nitrogen functional groups attached to an aromatic ring is 1. The van der Waals surface area contributed by atoms with Crippen LogP contribution in [0, 0.1) is 5.82 Å². The van der Waals surface area contributed by atoms with Gasteiger partial charge in [-0.2, -0.15) is 0 Å². The molecule has 20 heavy (non-hydrogen) atoms. The van der Waals surface area contributed by atoms with Crippen LogP contribution >= 0.6 is 27.5 Å². The Balaban J connectivity index is 2.39. The molecular weight excluding hydrogens is 345 g/mol. The molecular formula is C14H14BrClFN3. The molecule has 0 saturated heterocycles. The van der Waals surface area contributed by atoms with Gasteiger partial charge >= 0.3 is 0 Å². The number of nitrogens with zero attached hydrogens (tertiary/aromatic N) is 2. The van der Waals surface area contributed by atoms with Crippen LogP contribution in [-0.4, -0.2) is 9.97 Å². The fourth-order valence-corrected chi connectivity index (χ4v) is 2.70. The molecule has 0 aliphatic carbocycles. The number of aromatic nitrogens is 2. The summed E-state index contributed by atoms with van der Waals surface area (Å²) in [6.07, 6.45) is 0.413. The van der Waals surface area contributed by atoms with Crippen molar-refractivity contribution in [1.29, 1.82) is 0 Å². The fraction of sp³-hybridized carbons (Fsp3) is 0.286. The van der Waals surface area contributed by atoms with Crippen molar-refractivity contribution >= 4 is 33.3 Å². The standard InChI is InChI=1S/C14H14BrClFN3/c1-7(2)13-12(15)14(18)20-11(19-13)5-8-3-4-9(17)6-10(8)16/h3-4,6-7H,5H2,1-2H3,(H2,18,19,20). The van der Waals surface area contributed by atoms with Crippen molar-refractivity contribution in [3.8, 4) is 0 Å². The Morgan fingerprint density at radius 2 is 2.05 bits per heavy atom. The van der Waals surface area contributed by atoms with Gasteiger partial charge in [-0.25, -0.2) is 14.4 Å². The van der Waals surface area contributed by atoms with Gasteiger partial charge in [0.05, 0.1) is 10.2 Å². The molecule has 6 heteroatoms. The Bertz CT molecular complexity index is 647. The van der Waals surface area contributed by atoms with Gasteiger partial charge in [-0.1, -0.05) is 31.5 Å². The third-order valence-corrected chi connectivity index (χ3v) is 4.02. The molecule has 0 atom stereocenters. The molecule has 0 amide bonds. The lowest BCUT2D eigenvalue weighted by Crippen LogP contribution is -2.07. The third-order valence-electron chi connectivity index (χ3n) is 2.86. The van der Waals surface area contributed by atoms with E-state index in [0.717, 1.165) is 15.7 Å². The van der Waals surface area contributed by atoms with E-state index in [2.05, 4.69) is 25.9 Å². The van der Waals surface area contributed by atoms with E-state index in [1.54, 1.807) is 6.07 Å². The number of nitrogens with two attached hydrogens (primary N) is 1. The third kappa shape index (κ3) is 3.27. The highest BCUT2D eigenvalue weighted by molar-refractivity contribution is 9.10. The highest BCUT2D eigenvalue weighted by Crippen LogP contribution is 2.28. The molecule has 1 aromatic carbocycles. The second-order valence-corrected chi connectivity index (χ2v) is 5.99. The molecule has 2 aromatic rings. The van der Waals surface area contributed by atoms with Crippen LogP contribution in [0.4, 0.5) is 10.2 Å². The lowest BCUT2D eigenvalue weighted by atomic mass is 10.1. The van der Waals surface area contributed by atoms with E-state index in [0.29, 0.717) is 23.1 Å². The van der Waals surface area contributed by atoms with Crippen LogP contribution in [0.2, 0.25) is 5.02 Å². The van der Waals surface area contributed by atoms with Crippen LogP contribution in [0.15, 0.2) is 22.7 Å². The van der Waals surface area contributed by atoms with Gasteiger partial charge in [-0.05, 0) is 39.5 Å². The number of hydrogen-bond donors (Lipinski definition) is 1. The predicted octanol–water partition coefficient (Wildman–Crippen LogP) is 4.33. The van der Waals surface area contributed by atoms with Gasteiger partial charge in [-0.3, -0.25) is 0 Å². The smallest absolute Gasteiger partial charge is 0.141 e. The van der Waals surface area contributed by atoms with Crippen LogP contribution in [0.1, 0.15) is 36.8 Å². The first-order valence-electron chi connectivity index (χ1n) is 6.14. The first-order chi connectivity index (χ1) is 9.38. The van der Waals surface area contributed by atoms with E-state index in [-0.39, 0.29) is 11.7 Å². The second kappa shape index (κ2) is 6.06. The maximum atomic E-state index is 13.0. The average molecular weight is 359 g/mol. The summed E-state index contributed by atoms with van der Waals surface area (Å²) >= 11 is 9.42. The van der Waals surface area contributed by atoms with Crippen molar-refractivity contribution in [3.63, 3.8) is 0 Å². The molecule has 1 aromatic heterocycles. The van der Waals surface area contributed by atoms with E-state index >= 15 is 0 Å². The first-order valence-corrected chi connectivity index (χ1v) is 7.31. The molecule has 0 spiro atoms. The van der Waals surface area contributed by atoms with Crippen LogP contribution in [0.5, 0.6) is 0 Å². The van der Waals surface area contributed by atoms with Gasteiger partial charge in [0.15, 0.2) is 0 Å². The maximum absolute atomic E-state index is 13.0. The number of hydrogen-bond acceptors (Lipinski definition) is 3. The van der Waals surface area contributed by atoms with Crippen molar-refractivity contribution in [2.24, 2.45) is 0 Å². The summed E-state index contributed by atoms with van der Waals surface area (Å²) in [6.45, 7) is 4.06. The molecule has 0 unspecified atom stereocenters. The summed E-state index contributed by atoms with van der Waals surface area (Å²) in [5, 5.41) is 0.362. The van der Waals surface area contributed by atoms with Gasteiger partial charge in [0.2, 0.25) is 0 Å². The molecule has 0 aliphatic rings. The molecule has 106 valence electrons. The Morgan fingerprint density at radius 1 is 1.35 bits per heavy atom. The van der Waals surface area contributed by atoms with Gasteiger partial charge < -0.3 is 5.73 Å². The van der Waals surface area contributed by atoms with Gasteiger partial charge in [0, 0.05) is 11.4 Å². The van der Waals surface area contributed by atoms with E-state index in [4.69, 9.17) is 17.3 Å². The fourth-order valence-electron chi connectivity index (χ4n) is 1.83. The average Bonchev–Trinajstić information content (AvgIpc) is 2.36. The van der Waals surface area contributed by atoms with Gasteiger partial charge in [0.25, 0.3) is 0 Å². The van der Waals surface area contributed by atoms with Crippen molar-refractivity contribution < 1.29 is 4.39 Å². The largest absolute Gasteiger partial charge is 0.383 e. The Hall–Kier alpha value is -1.20. The Morgan fingerprint density at radius 3 is 2.65 bits per heavy atom. The summed E-state index contributed by atoms with van der Waals surface area (Å²) in [5.74, 6) is 0.829. The lowest BCUT2D eigenvalue weighted by Gasteiger charge is -2.12. The second-order valence-electron chi connectivity index (χ2n) is 4.79. The predicted molar refractivity (Wildman–Crippen MR) is 82.4 cm³/mol. The van der Waals surface area contributed by atoms with Gasteiger partial charge in [-0.15, -0.1) is 0 Å². The highest BCUT2D eigenvalue weighted by Gasteiger charge is 2.14. The van der Waals surface area contributed by atoms with Crippen LogP contribution in [0.3, 0.4) is 0 Å². The van der Waals surface area contributed by atoms with E-state index in [9.17, 15) is 4.39 Å². The molecule has 0 fully saturated rings. The number of benzene rings is 1. The van der Waals surface area contributed by atoms with Crippen molar-refractivity contribution in [3.05, 3.63) is 50.6 Å². The normalized spacial score (nSPS) is 11.1. The van der Waals surface area contributed by atoms with Crippen molar-refractivity contribution in [2.45, 2.75) is 26.2 Å². The quantitative estimate of drug-likeness (QED) is 0.888. The Labute approximate surface area is 130 Å². The summed E-state index contributed by atoms with van der Waals surface area (Å²) in [6, 6.07) is 4.28. The molecule has 1 heterocycles. The van der Waals surface area contributed by atoms with E-state index in [1.807, 2.05) is 13.8 Å². The highest BCUT2D eigenvalue weighted by atomic mass is 79.9. The minimum atomic E-state index is -0.363. The summed E-state index contributed by atoms with van der Waals surface area (Å²) in [7, 11) is 0. The SMILES string of the molecule is CC(C)c1nc(Cc2ccc(F)cc2Cl)nc(N)c1Br. The molecule has 3 nitrogen and oxygen atoms in total.